The first-order valence-electron chi connectivity index (χ1n) is 7.98. The van der Waals surface area contributed by atoms with Gasteiger partial charge >= 0.3 is 6.03 Å². The number of urea groups is 1. The van der Waals surface area contributed by atoms with E-state index in [9.17, 15) is 14.4 Å². The lowest BCUT2D eigenvalue weighted by atomic mass is 9.92. The van der Waals surface area contributed by atoms with E-state index in [1.807, 2.05) is 27.7 Å². The summed E-state index contributed by atoms with van der Waals surface area (Å²) < 4.78 is 0. The molecule has 8 heteroatoms. The van der Waals surface area contributed by atoms with E-state index in [0.29, 0.717) is 32.2 Å². The van der Waals surface area contributed by atoms with Crippen molar-refractivity contribution in [1.29, 1.82) is 0 Å². The first-order valence-corrected chi connectivity index (χ1v) is 7.98. The van der Waals surface area contributed by atoms with Crippen molar-refractivity contribution >= 4 is 30.3 Å². The molecule has 0 aromatic carbocycles. The second-order valence-corrected chi connectivity index (χ2v) is 5.85. The van der Waals surface area contributed by atoms with Gasteiger partial charge in [-0.15, -0.1) is 12.4 Å². The fourth-order valence-electron chi connectivity index (χ4n) is 2.79. The molecular formula is C15H29ClN4O3. The van der Waals surface area contributed by atoms with Gasteiger partial charge in [-0.05, 0) is 25.7 Å². The van der Waals surface area contributed by atoms with Crippen molar-refractivity contribution in [2.45, 2.75) is 64.5 Å². The molecule has 1 heterocycles. The van der Waals surface area contributed by atoms with E-state index in [2.05, 4.69) is 10.6 Å². The minimum Gasteiger partial charge on any atom is -0.348 e. The Morgan fingerprint density at radius 1 is 1.22 bits per heavy atom. The minimum absolute atomic E-state index is 0. The highest BCUT2D eigenvalue weighted by Crippen LogP contribution is 2.24. The van der Waals surface area contributed by atoms with Crippen molar-refractivity contribution in [2.75, 3.05) is 13.1 Å². The minimum atomic E-state index is -0.877. The van der Waals surface area contributed by atoms with Crippen LogP contribution in [0, 0.1) is 0 Å². The van der Waals surface area contributed by atoms with Crippen LogP contribution >= 0.6 is 12.4 Å². The Morgan fingerprint density at radius 2 is 1.74 bits per heavy atom. The van der Waals surface area contributed by atoms with E-state index in [4.69, 9.17) is 5.73 Å². The van der Waals surface area contributed by atoms with Crippen molar-refractivity contribution in [1.82, 2.24) is 15.5 Å². The lowest BCUT2D eigenvalue weighted by Gasteiger charge is -2.32. The monoisotopic (exact) mass is 348 g/mol. The zero-order chi connectivity index (χ0) is 17.0. The van der Waals surface area contributed by atoms with E-state index >= 15 is 0 Å². The molecule has 1 saturated heterocycles. The number of nitrogens with two attached hydrogens (primary N) is 1. The molecule has 7 nitrogen and oxygen atoms in total. The van der Waals surface area contributed by atoms with Crippen LogP contribution < -0.4 is 16.4 Å². The predicted octanol–water partition coefficient (Wildman–Crippen LogP) is 1.15. The normalized spacial score (nSPS) is 16.8. The van der Waals surface area contributed by atoms with Crippen LogP contribution in [0.3, 0.4) is 0 Å². The first kappa shape index (κ1) is 21.7. The molecule has 0 radical (unpaired) electrons. The summed E-state index contributed by atoms with van der Waals surface area (Å²) in [7, 11) is 0. The summed E-state index contributed by atoms with van der Waals surface area (Å²) in [5, 5.41) is 5.58. The fourth-order valence-corrected chi connectivity index (χ4v) is 2.79. The number of nitrogens with zero attached hydrogens (tertiary/aromatic N) is 1. The number of rotatable bonds is 8. The number of hydrogen-bond acceptors (Lipinski definition) is 4. The van der Waals surface area contributed by atoms with Gasteiger partial charge in [0.25, 0.3) is 5.91 Å². The molecule has 1 fully saturated rings. The van der Waals surface area contributed by atoms with Gasteiger partial charge in [0, 0.05) is 6.54 Å². The first-order chi connectivity index (χ1) is 10.3. The summed E-state index contributed by atoms with van der Waals surface area (Å²) in [5.74, 6) is -0.690. The van der Waals surface area contributed by atoms with Gasteiger partial charge in [-0.25, -0.2) is 4.79 Å². The lowest BCUT2D eigenvalue weighted by molar-refractivity contribution is -0.135. The van der Waals surface area contributed by atoms with Crippen molar-refractivity contribution in [3.05, 3.63) is 0 Å². The molecule has 0 bridgehead atoms. The number of carbonyl (C=O) groups is 3. The van der Waals surface area contributed by atoms with E-state index in [1.54, 1.807) is 0 Å². The van der Waals surface area contributed by atoms with Crippen LogP contribution in [0.15, 0.2) is 0 Å². The number of amides is 4. The average Bonchev–Trinajstić information content (AvgIpc) is 2.77. The third kappa shape index (κ3) is 4.14. The second-order valence-electron chi connectivity index (χ2n) is 5.85. The van der Waals surface area contributed by atoms with Crippen LogP contribution in [0.25, 0.3) is 0 Å². The third-order valence-electron chi connectivity index (χ3n) is 4.90. The molecule has 0 aromatic rings. The van der Waals surface area contributed by atoms with Gasteiger partial charge in [0.2, 0.25) is 5.91 Å². The third-order valence-corrected chi connectivity index (χ3v) is 4.90. The van der Waals surface area contributed by atoms with Gasteiger partial charge < -0.3 is 16.4 Å². The zero-order valence-corrected chi connectivity index (χ0v) is 15.2. The zero-order valence-electron chi connectivity index (χ0n) is 14.4. The summed E-state index contributed by atoms with van der Waals surface area (Å²) in [6.07, 6.45) is 2.39. The Bertz CT molecular complexity index is 440. The quantitative estimate of drug-likeness (QED) is 0.572. The molecule has 134 valence electrons. The predicted molar refractivity (Wildman–Crippen MR) is 91.3 cm³/mol. The summed E-state index contributed by atoms with van der Waals surface area (Å²) in [4.78, 5) is 37.7. The molecule has 4 N–H and O–H groups in total. The molecular weight excluding hydrogens is 320 g/mol. The summed E-state index contributed by atoms with van der Waals surface area (Å²) in [5.41, 5.74) is 4.39. The van der Waals surface area contributed by atoms with Gasteiger partial charge in [-0.1, -0.05) is 27.7 Å². The summed E-state index contributed by atoms with van der Waals surface area (Å²) in [6, 6.07) is -0.504. The smallest absolute Gasteiger partial charge is 0.325 e. The average molecular weight is 349 g/mol. The van der Waals surface area contributed by atoms with Gasteiger partial charge in [0.1, 0.15) is 12.1 Å². The molecule has 4 amide bonds. The molecule has 0 aromatic heterocycles. The molecule has 23 heavy (non-hydrogen) atoms. The molecule has 0 saturated carbocycles. The lowest BCUT2D eigenvalue weighted by Crippen LogP contribution is -2.55. The molecule has 0 spiro atoms. The number of imide groups is 1. The van der Waals surface area contributed by atoms with Gasteiger partial charge in [-0.3, -0.25) is 14.5 Å². The van der Waals surface area contributed by atoms with Crippen molar-refractivity contribution in [2.24, 2.45) is 5.73 Å². The number of nitrogens with one attached hydrogen (secondary N) is 2. The Kier molecular flexibility index (Phi) is 8.00. The topological polar surface area (TPSA) is 105 Å². The highest BCUT2D eigenvalue weighted by Gasteiger charge is 2.49. The molecule has 0 unspecified atom stereocenters. The second kappa shape index (κ2) is 8.49. The maximum Gasteiger partial charge on any atom is 0.325 e. The Morgan fingerprint density at radius 3 is 2.09 bits per heavy atom. The highest BCUT2D eigenvalue weighted by atomic mass is 35.5. The van der Waals surface area contributed by atoms with E-state index in [0.717, 1.165) is 4.90 Å². The fraction of sp³-hybridized carbons (Fsp3) is 0.800. The molecule has 0 atom stereocenters. The Labute approximate surface area is 144 Å². The van der Waals surface area contributed by atoms with Crippen molar-refractivity contribution in [3.63, 3.8) is 0 Å². The summed E-state index contributed by atoms with van der Waals surface area (Å²) in [6.45, 7) is 7.64. The number of hydrogen-bond donors (Lipinski definition) is 3. The van der Waals surface area contributed by atoms with Crippen LogP contribution in [-0.2, 0) is 9.59 Å². The number of carbonyl (C=O) groups excluding carboxylic acids is 3. The van der Waals surface area contributed by atoms with E-state index in [-0.39, 0.29) is 30.8 Å². The van der Waals surface area contributed by atoms with Gasteiger partial charge in [0.05, 0.1) is 5.54 Å². The maximum absolute atomic E-state index is 12.4. The van der Waals surface area contributed by atoms with Crippen LogP contribution in [0.2, 0.25) is 0 Å². The molecule has 1 rings (SSSR count). The number of halogens is 1. The summed E-state index contributed by atoms with van der Waals surface area (Å²) >= 11 is 0. The standard InChI is InChI=1S/C15H28N4O3.ClH/c1-5-14(6-2,10-16)17-11(20)9-19-12(21)15(7-3,8-4)18-13(19)22;/h5-10,16H2,1-4H3,(H,17,20)(H,18,22);1H. The maximum atomic E-state index is 12.4. The van der Waals surface area contributed by atoms with Gasteiger partial charge in [-0.2, -0.15) is 0 Å². The van der Waals surface area contributed by atoms with Crippen LogP contribution in [0.5, 0.6) is 0 Å². The van der Waals surface area contributed by atoms with Gasteiger partial charge in [0.15, 0.2) is 0 Å². The van der Waals surface area contributed by atoms with E-state index < -0.39 is 17.1 Å². The van der Waals surface area contributed by atoms with Crippen molar-refractivity contribution in [3.8, 4) is 0 Å². The van der Waals surface area contributed by atoms with Crippen LogP contribution in [0.4, 0.5) is 4.79 Å². The largest absolute Gasteiger partial charge is 0.348 e. The molecule has 0 aliphatic carbocycles. The van der Waals surface area contributed by atoms with Crippen LogP contribution in [0.1, 0.15) is 53.4 Å². The van der Waals surface area contributed by atoms with Crippen LogP contribution in [-0.4, -0.2) is 46.9 Å². The molecule has 1 aliphatic rings. The molecule has 1 aliphatic heterocycles. The van der Waals surface area contributed by atoms with Crippen molar-refractivity contribution < 1.29 is 14.4 Å². The van der Waals surface area contributed by atoms with E-state index in [1.165, 1.54) is 0 Å². The SMILES string of the molecule is CCC(CC)(CN)NC(=O)CN1C(=O)NC(CC)(CC)C1=O.Cl. The Hall–Kier alpha value is -1.34. The Balaban J connectivity index is 0.00000484. The highest BCUT2D eigenvalue weighted by molar-refractivity contribution is 6.09.